The van der Waals surface area contributed by atoms with Gasteiger partial charge in [-0.05, 0) is 34.4 Å². The molecular formula is C22H16N2O. The predicted molar refractivity (Wildman–Crippen MR) is 99.4 cm³/mol. The second-order valence-corrected chi connectivity index (χ2v) is 5.60. The van der Waals surface area contributed by atoms with Crippen LogP contribution in [0.15, 0.2) is 97.3 Å². The number of rotatable bonds is 4. The first-order valence-corrected chi connectivity index (χ1v) is 8.09. The molecule has 2 heterocycles. The normalized spacial score (nSPS) is 10.4. The molecular weight excluding hydrogens is 308 g/mol. The van der Waals surface area contributed by atoms with Crippen LogP contribution in [0.4, 0.5) is 0 Å². The van der Waals surface area contributed by atoms with Gasteiger partial charge in [0.05, 0.1) is 0 Å². The third-order valence-corrected chi connectivity index (χ3v) is 3.89. The predicted octanol–water partition coefficient (Wildman–Crippen LogP) is 5.60. The lowest BCUT2D eigenvalue weighted by molar-refractivity contribution is 0.445. The van der Waals surface area contributed by atoms with E-state index in [2.05, 4.69) is 34.2 Å². The van der Waals surface area contributed by atoms with Crippen LogP contribution in [-0.4, -0.2) is 9.97 Å². The molecule has 3 heteroatoms. The maximum Gasteiger partial charge on any atom is 0.221 e. The van der Waals surface area contributed by atoms with Crippen molar-refractivity contribution >= 4 is 0 Å². The van der Waals surface area contributed by atoms with Crippen molar-refractivity contribution in [1.82, 2.24) is 9.97 Å². The average Bonchev–Trinajstić information content (AvgIpc) is 2.70. The summed E-state index contributed by atoms with van der Waals surface area (Å²) in [5.41, 5.74) is 4.37. The molecule has 0 aliphatic heterocycles. The summed E-state index contributed by atoms with van der Waals surface area (Å²) in [7, 11) is 0. The highest BCUT2D eigenvalue weighted by molar-refractivity contribution is 5.65. The molecule has 2 aromatic carbocycles. The number of hydrogen-bond donors (Lipinski definition) is 0. The third-order valence-electron chi connectivity index (χ3n) is 3.89. The summed E-state index contributed by atoms with van der Waals surface area (Å²) in [4.78, 5) is 8.60. The summed E-state index contributed by atoms with van der Waals surface area (Å²) in [5.74, 6) is 1.05. The van der Waals surface area contributed by atoms with Crippen LogP contribution >= 0.6 is 0 Å². The lowest BCUT2D eigenvalue weighted by atomic mass is 10.1. The summed E-state index contributed by atoms with van der Waals surface area (Å²) in [6.45, 7) is 0. The Balaban J connectivity index is 1.61. The molecule has 3 nitrogen and oxygen atoms in total. The van der Waals surface area contributed by atoms with Crippen molar-refractivity contribution < 1.29 is 4.74 Å². The van der Waals surface area contributed by atoms with E-state index >= 15 is 0 Å². The topological polar surface area (TPSA) is 35.0 Å². The van der Waals surface area contributed by atoms with Gasteiger partial charge in [0.15, 0.2) is 0 Å². The monoisotopic (exact) mass is 324 g/mol. The smallest absolute Gasteiger partial charge is 0.221 e. The van der Waals surface area contributed by atoms with Crippen LogP contribution in [-0.2, 0) is 0 Å². The van der Waals surface area contributed by atoms with Crippen molar-refractivity contribution in [3.63, 3.8) is 0 Å². The first-order valence-electron chi connectivity index (χ1n) is 8.09. The third kappa shape index (κ3) is 3.56. The van der Waals surface area contributed by atoms with Gasteiger partial charge in [0, 0.05) is 24.5 Å². The van der Waals surface area contributed by atoms with E-state index in [-0.39, 0.29) is 0 Å². The summed E-state index contributed by atoms with van der Waals surface area (Å²) < 4.78 is 5.88. The van der Waals surface area contributed by atoms with Crippen LogP contribution in [0.1, 0.15) is 0 Å². The van der Waals surface area contributed by atoms with Gasteiger partial charge in [-0.15, -0.1) is 0 Å². The zero-order chi connectivity index (χ0) is 16.9. The van der Waals surface area contributed by atoms with Crippen molar-refractivity contribution in [3.05, 3.63) is 97.3 Å². The van der Waals surface area contributed by atoms with Gasteiger partial charge in [-0.1, -0.05) is 60.7 Å². The molecule has 120 valence electrons. The molecule has 0 bridgehead atoms. The second-order valence-electron chi connectivity index (χ2n) is 5.60. The number of pyridine rings is 2. The first-order chi connectivity index (χ1) is 12.4. The minimum atomic E-state index is 0.527. The zero-order valence-electron chi connectivity index (χ0n) is 13.5. The highest BCUT2D eigenvalue weighted by Crippen LogP contribution is 2.27. The average molecular weight is 324 g/mol. The lowest BCUT2D eigenvalue weighted by Crippen LogP contribution is -1.91. The molecule has 4 rings (SSSR count). The number of aromatic nitrogens is 2. The number of ether oxygens (including phenoxy) is 1. The minimum Gasteiger partial charge on any atom is -0.421 e. The molecule has 0 N–H and O–H groups in total. The Morgan fingerprint density at radius 3 is 1.36 bits per heavy atom. The fraction of sp³-hybridized carbons (Fsp3) is 0. The lowest BCUT2D eigenvalue weighted by Gasteiger charge is -2.08. The second kappa shape index (κ2) is 6.97. The number of nitrogens with zero attached hydrogens (tertiary/aromatic N) is 2. The molecule has 0 amide bonds. The van der Waals surface area contributed by atoms with Crippen LogP contribution in [0.3, 0.4) is 0 Å². The maximum absolute atomic E-state index is 5.88. The van der Waals surface area contributed by atoms with Gasteiger partial charge in [0.2, 0.25) is 11.8 Å². The van der Waals surface area contributed by atoms with Gasteiger partial charge < -0.3 is 4.74 Å². The van der Waals surface area contributed by atoms with Gasteiger partial charge >= 0.3 is 0 Å². The molecule has 0 aliphatic carbocycles. The van der Waals surface area contributed by atoms with Crippen LogP contribution in [0.5, 0.6) is 11.8 Å². The van der Waals surface area contributed by atoms with Crippen LogP contribution in [0.25, 0.3) is 22.3 Å². The Labute approximate surface area is 146 Å². The Hall–Kier alpha value is -3.46. The molecule has 2 aromatic heterocycles. The highest BCUT2D eigenvalue weighted by atomic mass is 16.5. The van der Waals surface area contributed by atoms with Gasteiger partial charge in [0.1, 0.15) is 0 Å². The first kappa shape index (κ1) is 15.1. The molecule has 25 heavy (non-hydrogen) atoms. The summed E-state index contributed by atoms with van der Waals surface area (Å²) in [6, 6.07) is 28.1. The quantitative estimate of drug-likeness (QED) is 0.490. The Morgan fingerprint density at radius 2 is 0.920 bits per heavy atom. The highest BCUT2D eigenvalue weighted by Gasteiger charge is 2.05. The molecule has 0 fully saturated rings. The number of hydrogen-bond acceptors (Lipinski definition) is 3. The Bertz CT molecular complexity index is 888. The van der Waals surface area contributed by atoms with Gasteiger partial charge in [-0.2, -0.15) is 0 Å². The fourth-order valence-electron chi connectivity index (χ4n) is 2.66. The van der Waals surface area contributed by atoms with Crippen molar-refractivity contribution in [2.24, 2.45) is 0 Å². The maximum atomic E-state index is 5.88. The summed E-state index contributed by atoms with van der Waals surface area (Å²) >= 11 is 0. The largest absolute Gasteiger partial charge is 0.421 e. The number of benzene rings is 2. The standard InChI is InChI=1S/C22H16N2O/c1-3-7-17(8-4-1)19-11-13-23-21(15-19)25-22-16-20(12-14-24-22)18-9-5-2-6-10-18/h1-16H. The van der Waals surface area contributed by atoms with Gasteiger partial charge in [0.25, 0.3) is 0 Å². The van der Waals surface area contributed by atoms with Crippen molar-refractivity contribution in [2.75, 3.05) is 0 Å². The zero-order valence-corrected chi connectivity index (χ0v) is 13.5. The molecule has 0 spiro atoms. The van der Waals surface area contributed by atoms with Crippen LogP contribution in [0, 0.1) is 0 Å². The van der Waals surface area contributed by atoms with Gasteiger partial charge in [-0.25, -0.2) is 9.97 Å². The van der Waals surface area contributed by atoms with Crippen LogP contribution < -0.4 is 4.74 Å². The molecule has 4 aromatic rings. The van der Waals surface area contributed by atoms with Gasteiger partial charge in [-0.3, -0.25) is 0 Å². The van der Waals surface area contributed by atoms with E-state index < -0.39 is 0 Å². The van der Waals surface area contributed by atoms with Crippen LogP contribution in [0.2, 0.25) is 0 Å². The van der Waals surface area contributed by atoms with E-state index in [1.807, 2.05) is 60.7 Å². The minimum absolute atomic E-state index is 0.527. The molecule has 0 atom stereocenters. The SMILES string of the molecule is c1ccc(-c2ccnc(Oc3cc(-c4ccccc4)ccn3)c2)cc1. The molecule has 0 unspecified atom stereocenters. The van der Waals surface area contributed by atoms with Crippen molar-refractivity contribution in [2.45, 2.75) is 0 Å². The van der Waals surface area contributed by atoms with E-state index in [9.17, 15) is 0 Å². The van der Waals surface area contributed by atoms with E-state index in [1.165, 1.54) is 0 Å². The summed E-state index contributed by atoms with van der Waals surface area (Å²) in [5, 5.41) is 0. The van der Waals surface area contributed by atoms with E-state index in [4.69, 9.17) is 4.74 Å². The molecule has 0 saturated carbocycles. The van der Waals surface area contributed by atoms with E-state index in [0.717, 1.165) is 22.3 Å². The van der Waals surface area contributed by atoms with Crippen molar-refractivity contribution in [3.8, 4) is 34.0 Å². The molecule has 0 saturated heterocycles. The van der Waals surface area contributed by atoms with E-state index in [1.54, 1.807) is 12.4 Å². The Morgan fingerprint density at radius 1 is 0.480 bits per heavy atom. The Kier molecular flexibility index (Phi) is 4.21. The molecule has 0 radical (unpaired) electrons. The fourth-order valence-corrected chi connectivity index (χ4v) is 2.66. The van der Waals surface area contributed by atoms with Crippen molar-refractivity contribution in [1.29, 1.82) is 0 Å². The molecule has 0 aliphatic rings. The van der Waals surface area contributed by atoms with E-state index in [0.29, 0.717) is 11.8 Å². The summed E-state index contributed by atoms with van der Waals surface area (Å²) in [6.07, 6.45) is 3.50.